The van der Waals surface area contributed by atoms with Crippen molar-refractivity contribution in [2.75, 3.05) is 4.90 Å². The Morgan fingerprint density at radius 2 is 1.39 bits per heavy atom. The van der Waals surface area contributed by atoms with Crippen LogP contribution in [0.5, 0.6) is 0 Å². The van der Waals surface area contributed by atoms with Crippen LogP contribution >= 0.6 is 0 Å². The van der Waals surface area contributed by atoms with Gasteiger partial charge in [-0.15, -0.1) is 0 Å². The van der Waals surface area contributed by atoms with Crippen LogP contribution in [0.4, 0.5) is 5.69 Å². The lowest BCUT2D eigenvalue weighted by Crippen LogP contribution is -2.32. The number of fused-ring (bicyclic) bond motifs is 3. The molecule has 0 bridgehead atoms. The summed E-state index contributed by atoms with van der Waals surface area (Å²) in [6.07, 6.45) is 16.0. The number of nitrogens with zero attached hydrogens (tertiary/aromatic N) is 4. The first-order valence-electron chi connectivity index (χ1n) is 13.3. The van der Waals surface area contributed by atoms with Gasteiger partial charge in [0, 0.05) is 34.0 Å². The molecular weight excluding hydrogens is 464 g/mol. The fourth-order valence-corrected chi connectivity index (χ4v) is 5.78. The van der Waals surface area contributed by atoms with Crippen LogP contribution in [0.25, 0.3) is 28.3 Å². The fourth-order valence-electron chi connectivity index (χ4n) is 5.78. The van der Waals surface area contributed by atoms with Gasteiger partial charge in [0.05, 0.1) is 6.04 Å². The zero-order valence-corrected chi connectivity index (χ0v) is 21.3. The average Bonchev–Trinajstić information content (AvgIpc) is 3.33. The molecule has 0 spiro atoms. The van der Waals surface area contributed by atoms with Crippen LogP contribution in [0, 0.1) is 6.92 Å². The Bertz CT molecular complexity index is 1570. The Kier molecular flexibility index (Phi) is 5.58. The number of allylic oxidation sites excluding steroid dienone is 5. The van der Waals surface area contributed by atoms with E-state index in [0.717, 1.165) is 29.5 Å². The van der Waals surface area contributed by atoms with Gasteiger partial charge in [0.15, 0.2) is 17.5 Å². The highest BCUT2D eigenvalue weighted by Crippen LogP contribution is 2.49. The molecule has 2 atom stereocenters. The molecule has 3 aromatic carbocycles. The Balaban J connectivity index is 1.35. The number of anilines is 1. The van der Waals surface area contributed by atoms with Crippen LogP contribution in [0.3, 0.4) is 0 Å². The van der Waals surface area contributed by atoms with Gasteiger partial charge in [-0.05, 0) is 37.0 Å². The SMILES string of the molecule is Cc1cccc2c1N(C1=CCCC=C1)C1C=CC(c3nc(-c4ccccc4)nc(-c4ccccc4)n3)=CC21. The third-order valence-electron chi connectivity index (χ3n) is 7.58. The van der Waals surface area contributed by atoms with Gasteiger partial charge in [0.1, 0.15) is 0 Å². The van der Waals surface area contributed by atoms with Crippen molar-refractivity contribution in [2.45, 2.75) is 31.7 Å². The van der Waals surface area contributed by atoms with Crippen molar-refractivity contribution in [1.29, 1.82) is 0 Å². The van der Waals surface area contributed by atoms with Crippen LogP contribution in [0.1, 0.15) is 35.7 Å². The summed E-state index contributed by atoms with van der Waals surface area (Å²) in [5.74, 6) is 2.30. The number of benzene rings is 3. The van der Waals surface area contributed by atoms with E-state index in [4.69, 9.17) is 15.0 Å². The van der Waals surface area contributed by atoms with E-state index in [1.807, 2.05) is 60.7 Å². The number of aromatic nitrogens is 3. The lowest BCUT2D eigenvalue weighted by molar-refractivity contribution is 0.725. The van der Waals surface area contributed by atoms with Gasteiger partial charge in [-0.3, -0.25) is 0 Å². The molecule has 0 N–H and O–H groups in total. The highest BCUT2D eigenvalue weighted by Gasteiger charge is 2.40. The summed E-state index contributed by atoms with van der Waals surface area (Å²) in [6, 6.07) is 27.2. The van der Waals surface area contributed by atoms with Crippen molar-refractivity contribution >= 4 is 11.3 Å². The van der Waals surface area contributed by atoms with Crippen molar-refractivity contribution in [3.8, 4) is 22.8 Å². The Morgan fingerprint density at radius 3 is 2.05 bits per heavy atom. The van der Waals surface area contributed by atoms with E-state index >= 15 is 0 Å². The van der Waals surface area contributed by atoms with E-state index in [1.54, 1.807) is 0 Å². The summed E-state index contributed by atoms with van der Waals surface area (Å²) >= 11 is 0. The van der Waals surface area contributed by atoms with Gasteiger partial charge in [-0.2, -0.15) is 0 Å². The van der Waals surface area contributed by atoms with Crippen LogP contribution in [-0.4, -0.2) is 21.0 Å². The predicted octanol–water partition coefficient (Wildman–Crippen LogP) is 7.67. The summed E-state index contributed by atoms with van der Waals surface area (Å²) in [4.78, 5) is 17.3. The van der Waals surface area contributed by atoms with E-state index in [1.165, 1.54) is 22.5 Å². The Hall–Kier alpha value is -4.57. The van der Waals surface area contributed by atoms with E-state index in [9.17, 15) is 0 Å². The Labute approximate surface area is 223 Å². The molecular formula is C34H28N4. The molecule has 4 heteroatoms. The topological polar surface area (TPSA) is 41.9 Å². The second-order valence-electron chi connectivity index (χ2n) is 10.0. The van der Waals surface area contributed by atoms with Crippen molar-refractivity contribution < 1.29 is 0 Å². The standard InChI is InChI=1S/C34H28N4/c1-23-12-11-19-28-29-22-26(20-21-30(29)38(31(23)28)27-17-9-4-10-18-27)34-36-32(24-13-5-2-6-14-24)35-33(37-34)25-15-7-3-8-16-25/h2-3,5-9,11-22,29-30H,4,10H2,1H3. The second-order valence-corrected chi connectivity index (χ2v) is 10.0. The maximum Gasteiger partial charge on any atom is 0.164 e. The summed E-state index contributed by atoms with van der Waals surface area (Å²) in [5.41, 5.74) is 8.28. The monoisotopic (exact) mass is 492 g/mol. The third kappa shape index (κ3) is 3.90. The first-order chi connectivity index (χ1) is 18.8. The largest absolute Gasteiger partial charge is 0.333 e. The molecule has 0 saturated carbocycles. The van der Waals surface area contributed by atoms with Crippen LogP contribution in [-0.2, 0) is 0 Å². The normalized spacial score (nSPS) is 19.6. The molecule has 4 nitrogen and oxygen atoms in total. The highest BCUT2D eigenvalue weighted by molar-refractivity contribution is 5.81. The molecule has 184 valence electrons. The van der Waals surface area contributed by atoms with E-state index in [2.05, 4.69) is 66.5 Å². The van der Waals surface area contributed by atoms with Gasteiger partial charge < -0.3 is 4.90 Å². The van der Waals surface area contributed by atoms with Crippen molar-refractivity contribution in [3.05, 3.63) is 138 Å². The van der Waals surface area contributed by atoms with Gasteiger partial charge in [0.2, 0.25) is 0 Å². The molecule has 0 fully saturated rings. The van der Waals surface area contributed by atoms with Gasteiger partial charge in [0.25, 0.3) is 0 Å². The molecule has 1 aliphatic heterocycles. The summed E-state index contributed by atoms with van der Waals surface area (Å²) in [6.45, 7) is 2.22. The molecule has 3 aliphatic rings. The first-order valence-corrected chi connectivity index (χ1v) is 13.3. The zero-order valence-electron chi connectivity index (χ0n) is 21.3. The minimum atomic E-state index is 0.221. The average molecular weight is 493 g/mol. The summed E-state index contributed by atoms with van der Waals surface area (Å²) in [7, 11) is 0. The lowest BCUT2D eigenvalue weighted by atomic mass is 9.87. The molecule has 0 saturated heterocycles. The lowest BCUT2D eigenvalue weighted by Gasteiger charge is -2.31. The minimum Gasteiger partial charge on any atom is -0.333 e. The fraction of sp³-hybridized carbons (Fsp3) is 0.147. The molecule has 0 amide bonds. The molecule has 4 aromatic rings. The highest BCUT2D eigenvalue weighted by atomic mass is 15.2. The third-order valence-corrected chi connectivity index (χ3v) is 7.58. The van der Waals surface area contributed by atoms with E-state index in [-0.39, 0.29) is 12.0 Å². The summed E-state index contributed by atoms with van der Waals surface area (Å²) in [5, 5.41) is 0. The van der Waals surface area contributed by atoms with E-state index < -0.39 is 0 Å². The van der Waals surface area contributed by atoms with Crippen molar-refractivity contribution in [3.63, 3.8) is 0 Å². The first kappa shape index (κ1) is 22.6. The molecule has 1 aromatic heterocycles. The number of hydrogen-bond donors (Lipinski definition) is 0. The number of rotatable bonds is 4. The van der Waals surface area contributed by atoms with Gasteiger partial charge in [-0.25, -0.2) is 15.0 Å². The summed E-state index contributed by atoms with van der Waals surface area (Å²) < 4.78 is 0. The van der Waals surface area contributed by atoms with Crippen LogP contribution < -0.4 is 4.90 Å². The maximum absolute atomic E-state index is 4.97. The van der Waals surface area contributed by atoms with Gasteiger partial charge in [-0.1, -0.05) is 109 Å². The number of aryl methyl sites for hydroxylation is 1. The number of hydrogen-bond acceptors (Lipinski definition) is 4. The smallest absolute Gasteiger partial charge is 0.164 e. The molecule has 2 unspecified atom stereocenters. The van der Waals surface area contributed by atoms with Crippen LogP contribution in [0.15, 0.2) is 121 Å². The molecule has 38 heavy (non-hydrogen) atoms. The quantitative estimate of drug-likeness (QED) is 0.293. The second kappa shape index (κ2) is 9.38. The molecule has 0 radical (unpaired) electrons. The van der Waals surface area contributed by atoms with Crippen molar-refractivity contribution in [2.24, 2.45) is 0 Å². The maximum atomic E-state index is 4.97. The molecule has 2 heterocycles. The predicted molar refractivity (Wildman–Crippen MR) is 154 cm³/mol. The van der Waals surface area contributed by atoms with Crippen LogP contribution in [0.2, 0.25) is 0 Å². The number of para-hydroxylation sites is 1. The van der Waals surface area contributed by atoms with Crippen molar-refractivity contribution in [1.82, 2.24) is 15.0 Å². The molecule has 7 rings (SSSR count). The Morgan fingerprint density at radius 1 is 0.711 bits per heavy atom. The molecule has 2 aliphatic carbocycles. The zero-order chi connectivity index (χ0) is 25.5. The van der Waals surface area contributed by atoms with Gasteiger partial charge >= 0.3 is 0 Å². The van der Waals surface area contributed by atoms with E-state index in [0.29, 0.717) is 17.5 Å². The minimum absolute atomic E-state index is 0.221.